The normalized spacial score (nSPS) is 25.3. The van der Waals surface area contributed by atoms with E-state index in [-0.39, 0.29) is 30.7 Å². The van der Waals surface area contributed by atoms with Crippen molar-refractivity contribution in [2.45, 2.75) is 50.6 Å². The molecule has 0 aliphatic heterocycles. The molecule has 0 radical (unpaired) electrons. The van der Waals surface area contributed by atoms with E-state index in [1.54, 1.807) is 7.05 Å². The van der Waals surface area contributed by atoms with Gasteiger partial charge in [-0.3, -0.25) is 4.79 Å². The number of carboxylic acid groups (broad SMARTS) is 1. The van der Waals surface area contributed by atoms with Gasteiger partial charge in [0.1, 0.15) is 0 Å². The van der Waals surface area contributed by atoms with Crippen LogP contribution in [-0.2, 0) is 14.8 Å². The Bertz CT molecular complexity index is 375. The van der Waals surface area contributed by atoms with E-state index < -0.39 is 16.0 Å². The zero-order valence-corrected chi connectivity index (χ0v) is 11.5. The van der Waals surface area contributed by atoms with E-state index in [2.05, 4.69) is 0 Å². The van der Waals surface area contributed by atoms with Crippen LogP contribution in [0.4, 0.5) is 0 Å². The smallest absolute Gasteiger partial charge is 0.303 e. The second-order valence-corrected chi connectivity index (χ2v) is 7.05. The highest BCUT2D eigenvalue weighted by atomic mass is 32.2. The molecule has 0 aromatic carbocycles. The van der Waals surface area contributed by atoms with Crippen LogP contribution >= 0.6 is 0 Å². The Balaban J connectivity index is 2.48. The zero-order valence-electron chi connectivity index (χ0n) is 10.7. The number of rotatable bonds is 6. The largest absolute Gasteiger partial charge is 0.481 e. The first-order chi connectivity index (χ1) is 8.33. The maximum Gasteiger partial charge on any atom is 0.303 e. The van der Waals surface area contributed by atoms with E-state index in [1.165, 1.54) is 4.31 Å². The summed E-state index contributed by atoms with van der Waals surface area (Å²) >= 11 is 0. The third kappa shape index (κ3) is 4.55. The lowest BCUT2D eigenvalue weighted by Gasteiger charge is -2.32. The number of aliphatic carboxylic acids is 1. The molecule has 0 heterocycles. The molecular weight excluding hydrogens is 256 g/mol. The van der Waals surface area contributed by atoms with Crippen molar-refractivity contribution in [3.05, 3.63) is 0 Å². The van der Waals surface area contributed by atoms with Gasteiger partial charge < -0.3 is 10.8 Å². The highest BCUT2D eigenvalue weighted by Crippen LogP contribution is 2.23. The van der Waals surface area contributed by atoms with Crippen molar-refractivity contribution in [2.24, 2.45) is 5.73 Å². The summed E-state index contributed by atoms with van der Waals surface area (Å²) < 4.78 is 25.4. The first kappa shape index (κ1) is 15.4. The van der Waals surface area contributed by atoms with Crippen LogP contribution in [-0.4, -0.2) is 48.7 Å². The van der Waals surface area contributed by atoms with E-state index in [1.807, 2.05) is 0 Å². The molecule has 106 valence electrons. The van der Waals surface area contributed by atoms with Gasteiger partial charge in [-0.15, -0.1) is 0 Å². The molecule has 6 nitrogen and oxygen atoms in total. The van der Waals surface area contributed by atoms with Crippen molar-refractivity contribution in [3.63, 3.8) is 0 Å². The maximum atomic E-state index is 12.0. The Morgan fingerprint density at radius 1 is 1.33 bits per heavy atom. The lowest BCUT2D eigenvalue weighted by atomic mass is 9.92. The van der Waals surface area contributed by atoms with Crippen molar-refractivity contribution in [1.29, 1.82) is 0 Å². The van der Waals surface area contributed by atoms with E-state index in [0.717, 1.165) is 25.7 Å². The minimum Gasteiger partial charge on any atom is -0.481 e. The second-order valence-electron chi connectivity index (χ2n) is 4.90. The summed E-state index contributed by atoms with van der Waals surface area (Å²) in [6, 6.07) is 0.198. The van der Waals surface area contributed by atoms with Crippen molar-refractivity contribution in [3.8, 4) is 0 Å². The Morgan fingerprint density at radius 2 is 1.89 bits per heavy atom. The number of nitrogens with zero attached hydrogens (tertiary/aromatic N) is 1. The summed E-state index contributed by atoms with van der Waals surface area (Å²) in [6.07, 6.45) is 3.32. The Labute approximate surface area is 108 Å². The predicted molar refractivity (Wildman–Crippen MR) is 68.7 cm³/mol. The van der Waals surface area contributed by atoms with Crippen LogP contribution in [0.5, 0.6) is 0 Å². The monoisotopic (exact) mass is 278 g/mol. The standard InChI is InChI=1S/C11H22N2O4S/c1-13(10-6-4-9(12)5-7-10)18(16,17)8-2-3-11(14)15/h9-10H,2-8,12H2,1H3,(H,14,15). The molecule has 1 rings (SSSR count). The summed E-state index contributed by atoms with van der Waals surface area (Å²) in [5.74, 6) is -1.06. The van der Waals surface area contributed by atoms with Gasteiger partial charge in [0.15, 0.2) is 0 Å². The van der Waals surface area contributed by atoms with Crippen LogP contribution in [0.1, 0.15) is 38.5 Å². The number of sulfonamides is 1. The average molecular weight is 278 g/mol. The lowest BCUT2D eigenvalue weighted by molar-refractivity contribution is -0.137. The van der Waals surface area contributed by atoms with E-state index >= 15 is 0 Å². The maximum absolute atomic E-state index is 12.0. The van der Waals surface area contributed by atoms with Crippen molar-refractivity contribution >= 4 is 16.0 Å². The summed E-state index contributed by atoms with van der Waals surface area (Å²) in [5.41, 5.74) is 5.79. The number of carbonyl (C=O) groups is 1. The molecule has 3 N–H and O–H groups in total. The Hall–Kier alpha value is -0.660. The molecular formula is C11H22N2O4S. The SMILES string of the molecule is CN(C1CCC(N)CC1)S(=O)(=O)CCCC(=O)O. The van der Waals surface area contributed by atoms with E-state index in [0.29, 0.717) is 0 Å². The molecule has 0 atom stereocenters. The van der Waals surface area contributed by atoms with Crippen LogP contribution in [0.2, 0.25) is 0 Å². The molecule has 0 saturated heterocycles. The highest BCUT2D eigenvalue weighted by Gasteiger charge is 2.29. The minimum absolute atomic E-state index is 0.0135. The van der Waals surface area contributed by atoms with Gasteiger partial charge in [-0.05, 0) is 32.1 Å². The predicted octanol–water partition coefficient (Wildman–Crippen LogP) is 0.383. The fraction of sp³-hybridized carbons (Fsp3) is 0.909. The average Bonchev–Trinajstić information content (AvgIpc) is 2.28. The summed E-state index contributed by atoms with van der Waals surface area (Å²) in [7, 11) is -1.76. The molecule has 0 aromatic rings. The first-order valence-corrected chi connectivity index (χ1v) is 7.87. The van der Waals surface area contributed by atoms with Gasteiger partial charge in [-0.1, -0.05) is 0 Å². The lowest BCUT2D eigenvalue weighted by Crippen LogP contribution is -2.42. The fourth-order valence-corrected chi connectivity index (χ4v) is 3.70. The number of nitrogens with two attached hydrogens (primary N) is 1. The molecule has 18 heavy (non-hydrogen) atoms. The van der Waals surface area contributed by atoms with Crippen LogP contribution < -0.4 is 5.73 Å². The summed E-state index contributed by atoms with van der Waals surface area (Å²) in [4.78, 5) is 10.4. The van der Waals surface area contributed by atoms with E-state index in [4.69, 9.17) is 10.8 Å². The van der Waals surface area contributed by atoms with Gasteiger partial charge in [0.05, 0.1) is 5.75 Å². The molecule has 0 unspecified atom stereocenters. The van der Waals surface area contributed by atoms with Gasteiger partial charge in [0.25, 0.3) is 0 Å². The highest BCUT2D eigenvalue weighted by molar-refractivity contribution is 7.89. The number of hydrogen-bond acceptors (Lipinski definition) is 4. The molecule has 1 saturated carbocycles. The fourth-order valence-electron chi connectivity index (χ4n) is 2.24. The molecule has 0 bridgehead atoms. The van der Waals surface area contributed by atoms with E-state index in [9.17, 15) is 13.2 Å². The second kappa shape index (κ2) is 6.49. The van der Waals surface area contributed by atoms with Crippen molar-refractivity contribution in [1.82, 2.24) is 4.31 Å². The summed E-state index contributed by atoms with van der Waals surface area (Å²) in [6.45, 7) is 0. The number of hydrogen-bond donors (Lipinski definition) is 2. The van der Waals surface area contributed by atoms with Crippen molar-refractivity contribution in [2.75, 3.05) is 12.8 Å². The topological polar surface area (TPSA) is 101 Å². The van der Waals surface area contributed by atoms with Gasteiger partial charge in [0, 0.05) is 25.6 Å². The molecule has 0 spiro atoms. The number of carboxylic acids is 1. The third-order valence-corrected chi connectivity index (χ3v) is 5.47. The first-order valence-electron chi connectivity index (χ1n) is 6.26. The minimum atomic E-state index is -3.34. The quantitative estimate of drug-likeness (QED) is 0.731. The molecule has 1 aliphatic carbocycles. The van der Waals surface area contributed by atoms with Gasteiger partial charge in [-0.25, -0.2) is 12.7 Å². The molecule has 1 fully saturated rings. The van der Waals surface area contributed by atoms with Gasteiger partial charge in [-0.2, -0.15) is 0 Å². The molecule has 7 heteroatoms. The Morgan fingerprint density at radius 3 is 2.39 bits per heavy atom. The summed E-state index contributed by atoms with van der Waals surface area (Å²) in [5, 5.41) is 8.50. The van der Waals surface area contributed by atoms with Crippen LogP contribution in [0.3, 0.4) is 0 Å². The molecule has 0 aromatic heterocycles. The van der Waals surface area contributed by atoms with Gasteiger partial charge in [0.2, 0.25) is 10.0 Å². The molecule has 0 amide bonds. The zero-order chi connectivity index (χ0) is 13.8. The van der Waals surface area contributed by atoms with Gasteiger partial charge >= 0.3 is 5.97 Å². The third-order valence-electron chi connectivity index (χ3n) is 3.49. The molecule has 1 aliphatic rings. The Kier molecular flexibility index (Phi) is 5.55. The van der Waals surface area contributed by atoms with Crippen LogP contribution in [0.15, 0.2) is 0 Å². The van der Waals surface area contributed by atoms with Crippen LogP contribution in [0, 0.1) is 0 Å². The van der Waals surface area contributed by atoms with Crippen molar-refractivity contribution < 1.29 is 18.3 Å². The van der Waals surface area contributed by atoms with Crippen LogP contribution in [0.25, 0.3) is 0 Å².